The van der Waals surface area contributed by atoms with Crippen LogP contribution in [0.25, 0.3) is 0 Å². The molecule has 0 aliphatic carbocycles. The first-order valence-electron chi connectivity index (χ1n) is 4.07. The first kappa shape index (κ1) is 8.40. The summed E-state index contributed by atoms with van der Waals surface area (Å²) in [6.45, 7) is 0. The van der Waals surface area contributed by atoms with Crippen LogP contribution in [-0.2, 0) is 0 Å². The van der Waals surface area contributed by atoms with Crippen molar-refractivity contribution in [3.8, 4) is 0 Å². The maximum atomic E-state index is 9.65. The number of rotatable bonds is 0. The fourth-order valence-electron chi connectivity index (χ4n) is 2.07. The number of fused-ring (bicyclic) bond motifs is 2. The molecule has 2 aliphatic heterocycles. The molecular formula is C7H13NO4. The molecule has 0 radical (unpaired) electrons. The Kier molecular flexibility index (Phi) is 1.68. The summed E-state index contributed by atoms with van der Waals surface area (Å²) < 4.78 is 0. The Hall–Kier alpha value is -0.200. The van der Waals surface area contributed by atoms with E-state index in [9.17, 15) is 20.4 Å². The SMILES string of the molecule is O[C@@H]1C[C@]2(O)N[C@@H]1C[C@@H](O)[C@@H]2O. The largest absolute Gasteiger partial charge is 0.391 e. The molecule has 0 saturated carbocycles. The van der Waals surface area contributed by atoms with Gasteiger partial charge >= 0.3 is 0 Å². The van der Waals surface area contributed by atoms with E-state index in [-0.39, 0.29) is 18.9 Å². The Bertz CT molecular complexity index is 196. The molecule has 5 nitrogen and oxygen atoms in total. The number of aliphatic hydroxyl groups is 4. The maximum absolute atomic E-state index is 9.65. The minimum atomic E-state index is -1.50. The van der Waals surface area contributed by atoms with Crippen LogP contribution in [0, 0.1) is 0 Å². The van der Waals surface area contributed by atoms with Gasteiger partial charge in [-0.05, 0) is 6.42 Å². The first-order chi connectivity index (χ1) is 5.53. The van der Waals surface area contributed by atoms with Crippen LogP contribution >= 0.6 is 0 Å². The van der Waals surface area contributed by atoms with Crippen molar-refractivity contribution in [1.29, 1.82) is 0 Å². The molecule has 0 aromatic heterocycles. The third-order valence-corrected chi connectivity index (χ3v) is 2.77. The Morgan fingerprint density at radius 3 is 2.50 bits per heavy atom. The lowest BCUT2D eigenvalue weighted by Crippen LogP contribution is -2.61. The van der Waals surface area contributed by atoms with Crippen molar-refractivity contribution in [2.24, 2.45) is 0 Å². The van der Waals surface area contributed by atoms with E-state index in [1.807, 2.05) is 0 Å². The number of hydrogen-bond acceptors (Lipinski definition) is 5. The lowest BCUT2D eigenvalue weighted by Gasteiger charge is -2.37. The lowest BCUT2D eigenvalue weighted by molar-refractivity contribution is -0.153. The average molecular weight is 175 g/mol. The Morgan fingerprint density at radius 2 is 1.83 bits per heavy atom. The highest BCUT2D eigenvalue weighted by Gasteiger charge is 2.54. The molecule has 0 spiro atoms. The molecule has 0 aromatic rings. The molecule has 2 saturated heterocycles. The number of nitrogens with one attached hydrogen (secondary N) is 1. The van der Waals surface area contributed by atoms with Crippen LogP contribution in [0.2, 0.25) is 0 Å². The molecule has 12 heavy (non-hydrogen) atoms. The predicted molar refractivity (Wildman–Crippen MR) is 39.1 cm³/mol. The van der Waals surface area contributed by atoms with Gasteiger partial charge in [-0.1, -0.05) is 0 Å². The zero-order chi connectivity index (χ0) is 8.93. The van der Waals surface area contributed by atoms with E-state index in [1.54, 1.807) is 0 Å². The van der Waals surface area contributed by atoms with Gasteiger partial charge in [-0.2, -0.15) is 0 Å². The van der Waals surface area contributed by atoms with Crippen molar-refractivity contribution >= 4 is 0 Å². The van der Waals surface area contributed by atoms with Crippen molar-refractivity contribution in [2.75, 3.05) is 0 Å². The predicted octanol–water partition coefficient (Wildman–Crippen LogP) is -2.48. The molecule has 0 amide bonds. The summed E-state index contributed by atoms with van der Waals surface area (Å²) in [5, 5.41) is 40.3. The summed E-state index contributed by atoms with van der Waals surface area (Å²) in [6, 6.07) is -0.298. The van der Waals surface area contributed by atoms with Gasteiger partial charge in [-0.15, -0.1) is 0 Å². The smallest absolute Gasteiger partial charge is 0.147 e. The number of aliphatic hydroxyl groups excluding tert-OH is 3. The summed E-state index contributed by atoms with van der Waals surface area (Å²) in [6.07, 6.45) is -2.47. The highest BCUT2D eigenvalue weighted by Crippen LogP contribution is 2.34. The van der Waals surface area contributed by atoms with Gasteiger partial charge < -0.3 is 20.4 Å². The van der Waals surface area contributed by atoms with Gasteiger partial charge in [0.2, 0.25) is 0 Å². The molecule has 0 unspecified atom stereocenters. The van der Waals surface area contributed by atoms with Crippen molar-refractivity contribution in [2.45, 2.75) is 42.9 Å². The van der Waals surface area contributed by atoms with Crippen LogP contribution in [0.4, 0.5) is 0 Å². The van der Waals surface area contributed by atoms with Gasteiger partial charge in [0.1, 0.15) is 11.8 Å². The van der Waals surface area contributed by atoms with E-state index in [0.717, 1.165) is 0 Å². The summed E-state index contributed by atoms with van der Waals surface area (Å²) in [7, 11) is 0. The highest BCUT2D eigenvalue weighted by molar-refractivity contribution is 5.07. The first-order valence-corrected chi connectivity index (χ1v) is 4.07. The summed E-state index contributed by atoms with van der Waals surface area (Å²) in [4.78, 5) is 0. The molecule has 0 aromatic carbocycles. The van der Waals surface area contributed by atoms with Gasteiger partial charge in [0.25, 0.3) is 0 Å². The van der Waals surface area contributed by atoms with Crippen molar-refractivity contribution in [3.05, 3.63) is 0 Å². The molecule has 5 atom stereocenters. The van der Waals surface area contributed by atoms with E-state index in [0.29, 0.717) is 0 Å². The fraction of sp³-hybridized carbons (Fsp3) is 1.00. The fourth-order valence-corrected chi connectivity index (χ4v) is 2.07. The van der Waals surface area contributed by atoms with Gasteiger partial charge in [0.15, 0.2) is 0 Å². The minimum Gasteiger partial charge on any atom is -0.391 e. The zero-order valence-corrected chi connectivity index (χ0v) is 6.51. The lowest BCUT2D eigenvalue weighted by atomic mass is 9.96. The van der Waals surface area contributed by atoms with Crippen LogP contribution < -0.4 is 5.32 Å². The van der Waals surface area contributed by atoms with Crippen molar-refractivity contribution < 1.29 is 20.4 Å². The van der Waals surface area contributed by atoms with E-state index in [2.05, 4.69) is 5.32 Å². The van der Waals surface area contributed by atoms with Crippen LogP contribution in [0.1, 0.15) is 12.8 Å². The molecule has 2 fully saturated rings. The average Bonchev–Trinajstić information content (AvgIpc) is 2.22. The molecule has 2 aliphatic rings. The third kappa shape index (κ3) is 0.982. The van der Waals surface area contributed by atoms with E-state index >= 15 is 0 Å². The molecule has 2 bridgehead atoms. The molecule has 2 rings (SSSR count). The summed E-state index contributed by atoms with van der Waals surface area (Å²) >= 11 is 0. The van der Waals surface area contributed by atoms with Crippen LogP contribution in [0.3, 0.4) is 0 Å². The molecule has 5 heteroatoms. The number of hydrogen-bond donors (Lipinski definition) is 5. The Labute approximate surface area is 69.6 Å². The van der Waals surface area contributed by atoms with Crippen LogP contribution in [0.5, 0.6) is 0 Å². The second-order valence-electron chi connectivity index (χ2n) is 3.69. The van der Waals surface area contributed by atoms with Gasteiger partial charge in [-0.3, -0.25) is 5.32 Å². The van der Waals surface area contributed by atoms with Gasteiger partial charge in [0.05, 0.1) is 12.2 Å². The Morgan fingerprint density at radius 1 is 1.17 bits per heavy atom. The maximum Gasteiger partial charge on any atom is 0.147 e. The van der Waals surface area contributed by atoms with Crippen molar-refractivity contribution in [1.82, 2.24) is 5.32 Å². The quantitative estimate of drug-likeness (QED) is 0.281. The highest BCUT2D eigenvalue weighted by atomic mass is 16.4. The second kappa shape index (κ2) is 2.40. The van der Waals surface area contributed by atoms with Crippen LogP contribution in [0.15, 0.2) is 0 Å². The molecule has 70 valence electrons. The summed E-state index contributed by atoms with van der Waals surface area (Å²) in [5.74, 6) is 0. The summed E-state index contributed by atoms with van der Waals surface area (Å²) in [5.41, 5.74) is -1.50. The Balaban J connectivity index is 2.24. The normalized spacial score (nSPS) is 59.0. The second-order valence-corrected chi connectivity index (χ2v) is 3.69. The molecule has 5 N–H and O–H groups in total. The van der Waals surface area contributed by atoms with Crippen molar-refractivity contribution in [3.63, 3.8) is 0 Å². The van der Waals surface area contributed by atoms with Crippen LogP contribution in [-0.4, -0.2) is 50.5 Å². The van der Waals surface area contributed by atoms with E-state index in [4.69, 9.17) is 0 Å². The topological polar surface area (TPSA) is 93.0 Å². The minimum absolute atomic E-state index is 0.0793. The third-order valence-electron chi connectivity index (χ3n) is 2.77. The zero-order valence-electron chi connectivity index (χ0n) is 6.51. The molecule has 2 heterocycles. The van der Waals surface area contributed by atoms with E-state index in [1.165, 1.54) is 0 Å². The number of piperidine rings is 1. The standard InChI is InChI=1S/C7H13NO4/c9-4-1-3-5(10)2-7(12,8-3)6(4)11/h3-6,8-12H,1-2H2/t3-,4-,5-,6+,7-/m1/s1. The van der Waals surface area contributed by atoms with Gasteiger partial charge in [-0.25, -0.2) is 0 Å². The van der Waals surface area contributed by atoms with E-state index < -0.39 is 24.0 Å². The monoisotopic (exact) mass is 175 g/mol. The van der Waals surface area contributed by atoms with Gasteiger partial charge in [0, 0.05) is 12.5 Å². The molecular weight excluding hydrogens is 162 g/mol.